The molecule has 0 atom stereocenters. The lowest BCUT2D eigenvalue weighted by atomic mass is 10.1. The van der Waals surface area contributed by atoms with Gasteiger partial charge in [0.15, 0.2) is 29.7 Å². The summed E-state index contributed by atoms with van der Waals surface area (Å²) >= 11 is 0. The van der Waals surface area contributed by atoms with E-state index in [0.29, 0.717) is 30.3 Å². The van der Waals surface area contributed by atoms with Crippen LogP contribution in [0.3, 0.4) is 0 Å². The highest BCUT2D eigenvalue weighted by Crippen LogP contribution is 2.31. The molecule has 1 aromatic carbocycles. The lowest BCUT2D eigenvalue weighted by molar-refractivity contribution is -0.147. The first-order chi connectivity index (χ1) is 12.6. The van der Waals surface area contributed by atoms with E-state index in [1.807, 2.05) is 0 Å². The number of Topliss-reactive ketones (excluding diaryl/α,β-unsaturated/α-hetero) is 1. The van der Waals surface area contributed by atoms with E-state index in [4.69, 9.17) is 14.2 Å². The fraction of sp³-hybridized carbons (Fsp3) is 0.294. The average molecular weight is 360 g/mol. The molecule has 0 aliphatic carbocycles. The zero-order valence-corrected chi connectivity index (χ0v) is 13.7. The van der Waals surface area contributed by atoms with Gasteiger partial charge in [-0.05, 0) is 18.2 Å². The molecule has 136 valence electrons. The number of amides is 1. The smallest absolute Gasteiger partial charge is 0.306 e. The Morgan fingerprint density at radius 1 is 1.08 bits per heavy atom. The normalized spacial score (nSPS) is 12.3. The molecular formula is C17H16N2O7. The van der Waals surface area contributed by atoms with Crippen molar-refractivity contribution in [2.75, 3.05) is 25.1 Å². The minimum Gasteiger partial charge on any atom is -0.486 e. The van der Waals surface area contributed by atoms with Crippen molar-refractivity contribution in [2.45, 2.75) is 12.8 Å². The van der Waals surface area contributed by atoms with Gasteiger partial charge in [0, 0.05) is 18.1 Å². The molecule has 1 aliphatic rings. The number of ketones is 1. The number of ether oxygens (including phenoxy) is 3. The lowest BCUT2D eigenvalue weighted by Crippen LogP contribution is -2.21. The number of esters is 1. The van der Waals surface area contributed by atoms with Gasteiger partial charge >= 0.3 is 5.97 Å². The molecule has 1 amide bonds. The monoisotopic (exact) mass is 360 g/mol. The van der Waals surface area contributed by atoms with Crippen LogP contribution in [0.15, 0.2) is 35.1 Å². The van der Waals surface area contributed by atoms with Crippen LogP contribution in [0.25, 0.3) is 0 Å². The molecule has 3 rings (SSSR count). The van der Waals surface area contributed by atoms with Crippen molar-refractivity contribution in [2.24, 2.45) is 0 Å². The number of aromatic nitrogens is 1. The number of anilines is 1. The van der Waals surface area contributed by atoms with Gasteiger partial charge in [-0.15, -0.1) is 0 Å². The second-order valence-electron chi connectivity index (χ2n) is 5.38. The van der Waals surface area contributed by atoms with Crippen molar-refractivity contribution >= 4 is 23.5 Å². The Hall–Kier alpha value is -3.36. The van der Waals surface area contributed by atoms with Crippen molar-refractivity contribution in [3.63, 3.8) is 0 Å². The van der Waals surface area contributed by atoms with Gasteiger partial charge in [-0.1, -0.05) is 5.16 Å². The van der Waals surface area contributed by atoms with Crippen LogP contribution in [-0.4, -0.2) is 42.6 Å². The summed E-state index contributed by atoms with van der Waals surface area (Å²) in [5.41, 5.74) is 0.422. The second kappa shape index (κ2) is 8.15. The molecular weight excluding hydrogens is 344 g/mol. The molecule has 26 heavy (non-hydrogen) atoms. The summed E-state index contributed by atoms with van der Waals surface area (Å²) in [6.45, 7) is 0.424. The van der Waals surface area contributed by atoms with E-state index in [1.54, 1.807) is 18.2 Å². The van der Waals surface area contributed by atoms with Gasteiger partial charge in [0.1, 0.15) is 19.5 Å². The molecule has 9 nitrogen and oxygen atoms in total. The van der Waals surface area contributed by atoms with E-state index in [2.05, 4.69) is 15.0 Å². The number of nitrogens with zero attached hydrogens (tertiary/aromatic N) is 1. The third-order valence-electron chi connectivity index (χ3n) is 3.49. The van der Waals surface area contributed by atoms with Crippen LogP contribution in [-0.2, 0) is 14.3 Å². The zero-order chi connectivity index (χ0) is 18.4. The van der Waals surface area contributed by atoms with Crippen molar-refractivity contribution < 1.29 is 33.1 Å². The standard InChI is InChI=1S/C17H16N2O7/c20-12(11-1-3-13-14(9-11)24-8-7-23-13)2-4-17(22)25-10-16(21)18-15-5-6-26-19-15/h1,3,5-6,9H,2,4,7-8,10H2,(H,18,19,21). The van der Waals surface area contributed by atoms with Gasteiger partial charge in [-0.2, -0.15) is 0 Å². The Kier molecular flexibility index (Phi) is 5.47. The topological polar surface area (TPSA) is 117 Å². The van der Waals surface area contributed by atoms with Gasteiger partial charge in [-0.25, -0.2) is 0 Å². The third kappa shape index (κ3) is 4.59. The third-order valence-corrected chi connectivity index (χ3v) is 3.49. The maximum atomic E-state index is 12.2. The van der Waals surface area contributed by atoms with Crippen LogP contribution in [0.4, 0.5) is 5.82 Å². The van der Waals surface area contributed by atoms with E-state index >= 15 is 0 Å². The average Bonchev–Trinajstić information content (AvgIpc) is 3.17. The molecule has 9 heteroatoms. The van der Waals surface area contributed by atoms with E-state index in [-0.39, 0.29) is 24.4 Å². The predicted molar refractivity (Wildman–Crippen MR) is 87.1 cm³/mol. The van der Waals surface area contributed by atoms with Crippen LogP contribution in [0, 0.1) is 0 Å². The van der Waals surface area contributed by atoms with Gasteiger partial charge in [-0.3, -0.25) is 14.4 Å². The summed E-state index contributed by atoms with van der Waals surface area (Å²) in [6, 6.07) is 6.32. The molecule has 0 fully saturated rings. The quantitative estimate of drug-likeness (QED) is 0.584. The Bertz CT molecular complexity index is 801. The van der Waals surface area contributed by atoms with Gasteiger partial charge in [0.2, 0.25) is 0 Å². The largest absolute Gasteiger partial charge is 0.486 e. The molecule has 0 bridgehead atoms. The Morgan fingerprint density at radius 2 is 1.88 bits per heavy atom. The fourth-order valence-electron chi connectivity index (χ4n) is 2.25. The first-order valence-electron chi connectivity index (χ1n) is 7.90. The van der Waals surface area contributed by atoms with Crippen molar-refractivity contribution in [1.82, 2.24) is 5.16 Å². The number of carbonyl (C=O) groups excluding carboxylic acids is 3. The van der Waals surface area contributed by atoms with Crippen LogP contribution < -0.4 is 14.8 Å². The minimum atomic E-state index is -0.647. The molecule has 1 aromatic heterocycles. The van der Waals surface area contributed by atoms with Gasteiger partial charge in [0.25, 0.3) is 5.91 Å². The highest BCUT2D eigenvalue weighted by molar-refractivity contribution is 5.98. The number of hydrogen-bond donors (Lipinski definition) is 1. The highest BCUT2D eigenvalue weighted by Gasteiger charge is 2.16. The van der Waals surface area contributed by atoms with Crippen molar-refractivity contribution in [3.8, 4) is 11.5 Å². The van der Waals surface area contributed by atoms with E-state index < -0.39 is 18.5 Å². The molecule has 1 N–H and O–H groups in total. The van der Waals surface area contributed by atoms with E-state index in [9.17, 15) is 14.4 Å². The summed E-state index contributed by atoms with van der Waals surface area (Å²) in [6.07, 6.45) is 1.12. The van der Waals surface area contributed by atoms with Crippen molar-refractivity contribution in [1.29, 1.82) is 0 Å². The van der Waals surface area contributed by atoms with Crippen LogP contribution in [0.2, 0.25) is 0 Å². The number of hydrogen-bond acceptors (Lipinski definition) is 8. The number of carbonyl (C=O) groups is 3. The molecule has 0 radical (unpaired) electrons. The molecule has 0 unspecified atom stereocenters. The van der Waals surface area contributed by atoms with Crippen LogP contribution in [0.5, 0.6) is 11.5 Å². The lowest BCUT2D eigenvalue weighted by Gasteiger charge is -2.18. The van der Waals surface area contributed by atoms with Crippen molar-refractivity contribution in [3.05, 3.63) is 36.1 Å². The molecule has 0 saturated heterocycles. The number of benzene rings is 1. The minimum absolute atomic E-state index is 0.0383. The highest BCUT2D eigenvalue weighted by atomic mass is 16.6. The van der Waals surface area contributed by atoms with Gasteiger partial charge in [0.05, 0.1) is 6.42 Å². The van der Waals surface area contributed by atoms with E-state index in [1.165, 1.54) is 12.3 Å². The Balaban J connectivity index is 1.42. The van der Waals surface area contributed by atoms with Crippen LogP contribution in [0.1, 0.15) is 23.2 Å². The molecule has 1 aliphatic heterocycles. The summed E-state index contributed by atoms with van der Waals surface area (Å²) in [4.78, 5) is 35.4. The summed E-state index contributed by atoms with van der Waals surface area (Å²) in [5, 5.41) is 5.88. The van der Waals surface area contributed by atoms with Gasteiger partial charge < -0.3 is 24.1 Å². The Labute approximate surface area is 148 Å². The second-order valence-corrected chi connectivity index (χ2v) is 5.38. The maximum absolute atomic E-state index is 12.2. The first-order valence-corrected chi connectivity index (χ1v) is 7.90. The molecule has 0 saturated carbocycles. The fourth-order valence-corrected chi connectivity index (χ4v) is 2.25. The Morgan fingerprint density at radius 3 is 2.65 bits per heavy atom. The van der Waals surface area contributed by atoms with E-state index in [0.717, 1.165) is 0 Å². The first kappa shape index (κ1) is 17.5. The SMILES string of the molecule is O=C(COC(=O)CCC(=O)c1ccc2c(c1)OCCO2)Nc1ccon1. The van der Waals surface area contributed by atoms with Crippen LogP contribution >= 0.6 is 0 Å². The number of rotatable bonds is 7. The molecule has 0 spiro atoms. The summed E-state index contributed by atoms with van der Waals surface area (Å²) in [7, 11) is 0. The predicted octanol–water partition coefficient (Wildman–Crippen LogP) is 1.59. The zero-order valence-electron chi connectivity index (χ0n) is 13.7. The molecule has 2 aromatic rings. The number of nitrogens with one attached hydrogen (secondary N) is 1. The maximum Gasteiger partial charge on any atom is 0.306 e. The summed E-state index contributed by atoms with van der Waals surface area (Å²) in [5.74, 6) is -0.109. The number of fused-ring (bicyclic) bond motifs is 1. The summed E-state index contributed by atoms with van der Waals surface area (Å²) < 4.78 is 20.2. The molecule has 2 heterocycles.